The fourth-order valence-corrected chi connectivity index (χ4v) is 2.24. The molecule has 1 saturated heterocycles. The van der Waals surface area contributed by atoms with Crippen LogP contribution in [0.4, 0.5) is 0 Å². The average Bonchev–Trinajstić information content (AvgIpc) is 2.92. The third kappa shape index (κ3) is 4.04. The van der Waals surface area contributed by atoms with Gasteiger partial charge in [0.25, 0.3) is 0 Å². The highest BCUT2D eigenvalue weighted by atomic mass is 16.3. The summed E-state index contributed by atoms with van der Waals surface area (Å²) in [5, 5.41) is 13.7. The monoisotopic (exact) mass is 266 g/mol. The van der Waals surface area contributed by atoms with Gasteiger partial charge in [-0.15, -0.1) is 0 Å². The Morgan fingerprint density at radius 3 is 2.68 bits per heavy atom. The summed E-state index contributed by atoms with van der Waals surface area (Å²) < 4.78 is 1.65. The summed E-state index contributed by atoms with van der Waals surface area (Å²) in [6.07, 6.45) is 3.99. The summed E-state index contributed by atoms with van der Waals surface area (Å²) in [5.74, 6) is 0.111. The Hall–Kier alpha value is -1.40. The maximum atomic E-state index is 12.0. The number of aromatic nitrogens is 2. The highest BCUT2D eigenvalue weighted by molar-refractivity contribution is 5.76. The Bertz CT molecular complexity index is 385. The number of β-amino-alcohol motifs (C(OH)–C–C–N with tert-alkyl or cyclic N) is 1. The van der Waals surface area contributed by atoms with Crippen molar-refractivity contribution in [3.8, 4) is 0 Å². The number of aliphatic hydroxyl groups excluding tert-OH is 1. The molecule has 1 aromatic rings. The van der Waals surface area contributed by atoms with E-state index in [9.17, 15) is 9.90 Å². The van der Waals surface area contributed by atoms with Crippen LogP contribution in [0.2, 0.25) is 0 Å². The Labute approximate surface area is 113 Å². The number of piperazine rings is 1. The second kappa shape index (κ2) is 6.68. The third-order valence-electron chi connectivity index (χ3n) is 3.52. The Kier molecular flexibility index (Phi) is 4.93. The molecule has 6 heteroatoms. The lowest BCUT2D eigenvalue weighted by molar-refractivity contribution is -0.133. The van der Waals surface area contributed by atoms with Gasteiger partial charge in [-0.1, -0.05) is 6.92 Å². The predicted molar refractivity (Wildman–Crippen MR) is 71.5 cm³/mol. The minimum absolute atomic E-state index is 0.111. The minimum atomic E-state index is -0.258. The van der Waals surface area contributed by atoms with Crippen LogP contribution in [0.5, 0.6) is 0 Å². The average molecular weight is 266 g/mol. The van der Waals surface area contributed by atoms with Crippen molar-refractivity contribution >= 4 is 5.91 Å². The third-order valence-corrected chi connectivity index (χ3v) is 3.52. The topological polar surface area (TPSA) is 61.6 Å². The first-order valence-electron chi connectivity index (χ1n) is 6.84. The van der Waals surface area contributed by atoms with Crippen LogP contribution in [0.3, 0.4) is 0 Å². The van der Waals surface area contributed by atoms with E-state index in [1.807, 2.05) is 17.9 Å². The molecule has 1 aliphatic heterocycles. The van der Waals surface area contributed by atoms with Gasteiger partial charge in [-0.05, 0) is 12.5 Å². The van der Waals surface area contributed by atoms with E-state index >= 15 is 0 Å². The van der Waals surface area contributed by atoms with Crippen molar-refractivity contribution in [2.75, 3.05) is 32.7 Å². The molecule has 2 heterocycles. The summed E-state index contributed by atoms with van der Waals surface area (Å²) in [4.78, 5) is 16.1. The first-order valence-corrected chi connectivity index (χ1v) is 6.84. The molecule has 0 aromatic carbocycles. The van der Waals surface area contributed by atoms with Gasteiger partial charge in [-0.25, -0.2) is 0 Å². The van der Waals surface area contributed by atoms with E-state index in [-0.39, 0.29) is 12.0 Å². The fourth-order valence-electron chi connectivity index (χ4n) is 2.24. The van der Waals surface area contributed by atoms with Gasteiger partial charge in [0.15, 0.2) is 0 Å². The molecule has 106 valence electrons. The molecule has 1 unspecified atom stereocenters. The molecule has 1 aromatic heterocycles. The maximum Gasteiger partial charge on any atom is 0.244 e. The molecular formula is C13H22N4O2. The summed E-state index contributed by atoms with van der Waals surface area (Å²) in [6.45, 7) is 6.13. The highest BCUT2D eigenvalue weighted by Crippen LogP contribution is 2.05. The molecule has 19 heavy (non-hydrogen) atoms. The lowest BCUT2D eigenvalue weighted by Crippen LogP contribution is -2.51. The van der Waals surface area contributed by atoms with Crippen LogP contribution in [-0.2, 0) is 11.3 Å². The van der Waals surface area contributed by atoms with Crippen LogP contribution in [0.1, 0.15) is 13.3 Å². The second-order valence-electron chi connectivity index (χ2n) is 4.95. The molecule has 6 nitrogen and oxygen atoms in total. The van der Waals surface area contributed by atoms with E-state index in [0.29, 0.717) is 13.1 Å². The SMILES string of the molecule is CCC(O)CN1CCN(C(=O)Cn2cccn2)CC1. The van der Waals surface area contributed by atoms with E-state index < -0.39 is 0 Å². The molecule has 2 rings (SSSR count). The van der Waals surface area contributed by atoms with E-state index in [1.165, 1.54) is 0 Å². The van der Waals surface area contributed by atoms with Crippen molar-refractivity contribution in [2.45, 2.75) is 26.0 Å². The van der Waals surface area contributed by atoms with Crippen LogP contribution in [0.25, 0.3) is 0 Å². The molecule has 1 N–H and O–H groups in total. The lowest BCUT2D eigenvalue weighted by atomic mass is 10.2. The predicted octanol–water partition coefficient (Wildman–Crippen LogP) is -0.202. The fraction of sp³-hybridized carbons (Fsp3) is 0.692. The maximum absolute atomic E-state index is 12.0. The van der Waals surface area contributed by atoms with E-state index in [0.717, 1.165) is 32.6 Å². The van der Waals surface area contributed by atoms with Crippen LogP contribution >= 0.6 is 0 Å². The van der Waals surface area contributed by atoms with Crippen LogP contribution in [0, 0.1) is 0 Å². The lowest BCUT2D eigenvalue weighted by Gasteiger charge is -2.35. The Morgan fingerprint density at radius 1 is 1.37 bits per heavy atom. The van der Waals surface area contributed by atoms with Crippen molar-refractivity contribution in [1.29, 1.82) is 0 Å². The molecule has 1 fully saturated rings. The number of nitrogens with zero attached hydrogens (tertiary/aromatic N) is 4. The number of hydrogen-bond donors (Lipinski definition) is 1. The largest absolute Gasteiger partial charge is 0.392 e. The van der Waals surface area contributed by atoms with Crippen molar-refractivity contribution in [3.63, 3.8) is 0 Å². The standard InChI is InChI=1S/C13H22N4O2/c1-2-12(18)10-15-6-8-16(9-7-15)13(19)11-17-5-3-4-14-17/h3-5,12,18H,2,6-11H2,1H3. The minimum Gasteiger partial charge on any atom is -0.392 e. The number of aliphatic hydroxyl groups is 1. The van der Waals surface area contributed by atoms with Gasteiger partial charge in [0.2, 0.25) is 5.91 Å². The number of hydrogen-bond acceptors (Lipinski definition) is 4. The molecule has 0 radical (unpaired) electrons. The summed E-state index contributed by atoms with van der Waals surface area (Å²) >= 11 is 0. The number of carbonyl (C=O) groups is 1. The quantitative estimate of drug-likeness (QED) is 0.801. The Morgan fingerprint density at radius 2 is 2.11 bits per heavy atom. The second-order valence-corrected chi connectivity index (χ2v) is 4.95. The van der Waals surface area contributed by atoms with E-state index in [2.05, 4.69) is 10.00 Å². The normalized spacial score (nSPS) is 18.5. The Balaban J connectivity index is 1.75. The first-order chi connectivity index (χ1) is 9.19. The van der Waals surface area contributed by atoms with Crippen LogP contribution in [0.15, 0.2) is 18.5 Å². The summed E-state index contributed by atoms with van der Waals surface area (Å²) in [6, 6.07) is 1.82. The van der Waals surface area contributed by atoms with Crippen LogP contribution < -0.4 is 0 Å². The zero-order valence-corrected chi connectivity index (χ0v) is 11.4. The molecule has 0 saturated carbocycles. The van der Waals surface area contributed by atoms with Gasteiger partial charge < -0.3 is 10.0 Å². The molecule has 0 aliphatic carbocycles. The molecule has 0 spiro atoms. The highest BCUT2D eigenvalue weighted by Gasteiger charge is 2.22. The van der Waals surface area contributed by atoms with Crippen LogP contribution in [-0.4, -0.2) is 69.4 Å². The first kappa shape index (κ1) is 14.0. The van der Waals surface area contributed by atoms with Crippen molar-refractivity contribution in [2.24, 2.45) is 0 Å². The molecule has 1 amide bonds. The van der Waals surface area contributed by atoms with Gasteiger partial charge in [-0.3, -0.25) is 14.4 Å². The van der Waals surface area contributed by atoms with Crippen molar-refractivity contribution in [3.05, 3.63) is 18.5 Å². The number of amides is 1. The van der Waals surface area contributed by atoms with Gasteiger partial charge in [0, 0.05) is 45.1 Å². The number of carbonyl (C=O) groups excluding carboxylic acids is 1. The summed E-state index contributed by atoms with van der Waals surface area (Å²) in [5.41, 5.74) is 0. The van der Waals surface area contributed by atoms with Crippen molar-refractivity contribution in [1.82, 2.24) is 19.6 Å². The van der Waals surface area contributed by atoms with Gasteiger partial charge in [0.1, 0.15) is 6.54 Å². The van der Waals surface area contributed by atoms with Gasteiger partial charge in [-0.2, -0.15) is 5.10 Å². The molecule has 1 atom stereocenters. The number of rotatable bonds is 5. The zero-order chi connectivity index (χ0) is 13.7. The smallest absolute Gasteiger partial charge is 0.244 e. The van der Waals surface area contributed by atoms with Gasteiger partial charge in [0.05, 0.1) is 6.10 Å². The van der Waals surface area contributed by atoms with Crippen molar-refractivity contribution < 1.29 is 9.90 Å². The molecule has 1 aliphatic rings. The molecular weight excluding hydrogens is 244 g/mol. The zero-order valence-electron chi connectivity index (χ0n) is 11.4. The van der Waals surface area contributed by atoms with Gasteiger partial charge >= 0.3 is 0 Å². The summed E-state index contributed by atoms with van der Waals surface area (Å²) in [7, 11) is 0. The van der Waals surface area contributed by atoms with E-state index in [1.54, 1.807) is 17.1 Å². The molecule has 0 bridgehead atoms. The van der Waals surface area contributed by atoms with E-state index in [4.69, 9.17) is 0 Å².